The Bertz CT molecular complexity index is 792. The van der Waals surface area contributed by atoms with Crippen molar-refractivity contribution >= 4 is 27.5 Å². The lowest BCUT2D eigenvalue weighted by atomic mass is 10.1. The Kier molecular flexibility index (Phi) is 3.57. The van der Waals surface area contributed by atoms with Crippen molar-refractivity contribution in [3.05, 3.63) is 52.5 Å². The zero-order chi connectivity index (χ0) is 14.8. The number of nitrogens with zero attached hydrogens (tertiary/aromatic N) is 2. The van der Waals surface area contributed by atoms with E-state index in [9.17, 15) is 4.79 Å². The third kappa shape index (κ3) is 2.87. The van der Waals surface area contributed by atoms with Gasteiger partial charge >= 0.3 is 0 Å². The molecule has 0 bridgehead atoms. The second-order valence-electron chi connectivity index (χ2n) is 4.48. The third-order valence-electron chi connectivity index (χ3n) is 2.91. The highest BCUT2D eigenvalue weighted by Crippen LogP contribution is 2.25. The molecule has 0 saturated heterocycles. The summed E-state index contributed by atoms with van der Waals surface area (Å²) < 4.78 is 0.825. The molecule has 2 aromatic heterocycles. The number of H-pyrrole nitrogens is 2. The topological polar surface area (TPSA) is 86.5 Å². The molecular weight excluding hydrogens is 334 g/mol. The van der Waals surface area contributed by atoms with Crippen molar-refractivity contribution in [2.24, 2.45) is 0 Å². The van der Waals surface area contributed by atoms with Crippen LogP contribution in [0.1, 0.15) is 16.3 Å². The van der Waals surface area contributed by atoms with Crippen molar-refractivity contribution in [1.82, 2.24) is 20.2 Å². The van der Waals surface area contributed by atoms with E-state index in [1.807, 2.05) is 31.2 Å². The van der Waals surface area contributed by atoms with E-state index in [-0.39, 0.29) is 5.91 Å². The molecule has 0 fully saturated rings. The van der Waals surface area contributed by atoms with Crippen LogP contribution in [0.5, 0.6) is 0 Å². The van der Waals surface area contributed by atoms with E-state index in [0.29, 0.717) is 17.2 Å². The molecule has 1 amide bonds. The number of aryl methyl sites for hydroxylation is 1. The average Bonchev–Trinajstić information content (AvgIpc) is 3.08. The van der Waals surface area contributed by atoms with Crippen LogP contribution in [0.4, 0.5) is 5.69 Å². The molecule has 106 valence electrons. The van der Waals surface area contributed by atoms with Gasteiger partial charge < -0.3 is 10.3 Å². The molecule has 0 aliphatic carbocycles. The lowest BCUT2D eigenvalue weighted by Crippen LogP contribution is -2.13. The van der Waals surface area contributed by atoms with E-state index in [4.69, 9.17) is 0 Å². The smallest absolute Gasteiger partial charge is 0.272 e. The Balaban J connectivity index is 1.91. The van der Waals surface area contributed by atoms with Gasteiger partial charge in [-0.25, -0.2) is 4.98 Å². The molecule has 7 heteroatoms. The van der Waals surface area contributed by atoms with Gasteiger partial charge in [-0.2, -0.15) is 5.10 Å². The van der Waals surface area contributed by atoms with Crippen LogP contribution in [0.2, 0.25) is 0 Å². The highest BCUT2D eigenvalue weighted by Gasteiger charge is 2.13. The fourth-order valence-electron chi connectivity index (χ4n) is 1.94. The van der Waals surface area contributed by atoms with Gasteiger partial charge in [-0.15, -0.1) is 0 Å². The number of hydrogen-bond acceptors (Lipinski definition) is 3. The fraction of sp³-hybridized carbons (Fsp3) is 0.0714. The van der Waals surface area contributed by atoms with Gasteiger partial charge in [-0.05, 0) is 41.1 Å². The monoisotopic (exact) mass is 345 g/mol. The van der Waals surface area contributed by atoms with Crippen molar-refractivity contribution in [3.63, 3.8) is 0 Å². The van der Waals surface area contributed by atoms with Gasteiger partial charge in [-0.3, -0.25) is 9.89 Å². The Labute approximate surface area is 129 Å². The molecule has 0 aliphatic rings. The van der Waals surface area contributed by atoms with Crippen molar-refractivity contribution in [1.29, 1.82) is 0 Å². The number of anilines is 1. The third-order valence-corrected chi connectivity index (χ3v) is 3.36. The van der Waals surface area contributed by atoms with Crippen LogP contribution in [-0.2, 0) is 0 Å². The lowest BCUT2D eigenvalue weighted by Gasteiger charge is -2.07. The van der Waals surface area contributed by atoms with Gasteiger partial charge in [0.1, 0.15) is 11.5 Å². The molecule has 3 rings (SSSR count). The van der Waals surface area contributed by atoms with Crippen LogP contribution in [0.25, 0.3) is 11.4 Å². The number of benzene rings is 1. The molecule has 0 radical (unpaired) electrons. The number of rotatable bonds is 3. The summed E-state index contributed by atoms with van der Waals surface area (Å²) in [5.41, 5.74) is 1.90. The van der Waals surface area contributed by atoms with Crippen LogP contribution in [0, 0.1) is 6.92 Å². The molecule has 0 atom stereocenters. The van der Waals surface area contributed by atoms with E-state index in [1.165, 1.54) is 0 Å². The number of halogens is 1. The van der Waals surface area contributed by atoms with Crippen molar-refractivity contribution in [2.45, 2.75) is 6.92 Å². The summed E-state index contributed by atoms with van der Waals surface area (Å²) in [6, 6.07) is 9.12. The normalized spacial score (nSPS) is 10.6. The zero-order valence-corrected chi connectivity index (χ0v) is 12.7. The SMILES string of the molecule is Cc1nc(-c2ccccc2NC(=O)c2cc(Br)c[nH]2)n[nH]1. The number of carbonyl (C=O) groups is 1. The van der Waals surface area contributed by atoms with Gasteiger partial charge in [0, 0.05) is 16.2 Å². The summed E-state index contributed by atoms with van der Waals surface area (Å²) in [6.45, 7) is 1.83. The second-order valence-corrected chi connectivity index (χ2v) is 5.39. The van der Waals surface area contributed by atoms with E-state index in [0.717, 1.165) is 15.9 Å². The summed E-state index contributed by atoms with van der Waals surface area (Å²) in [4.78, 5) is 19.4. The van der Waals surface area contributed by atoms with Crippen LogP contribution >= 0.6 is 15.9 Å². The highest BCUT2D eigenvalue weighted by atomic mass is 79.9. The maximum absolute atomic E-state index is 12.2. The number of amides is 1. The summed E-state index contributed by atoms with van der Waals surface area (Å²) in [5.74, 6) is 1.05. The largest absolute Gasteiger partial charge is 0.356 e. The second kappa shape index (κ2) is 5.53. The maximum Gasteiger partial charge on any atom is 0.272 e. The van der Waals surface area contributed by atoms with Gasteiger partial charge in [0.2, 0.25) is 0 Å². The minimum absolute atomic E-state index is 0.222. The average molecular weight is 346 g/mol. The first-order chi connectivity index (χ1) is 10.1. The number of para-hydroxylation sites is 1. The summed E-state index contributed by atoms with van der Waals surface area (Å²) in [6.07, 6.45) is 1.71. The van der Waals surface area contributed by atoms with E-state index in [2.05, 4.69) is 41.4 Å². The van der Waals surface area contributed by atoms with Crippen LogP contribution in [-0.4, -0.2) is 26.1 Å². The first-order valence-corrected chi connectivity index (χ1v) is 7.06. The molecular formula is C14H12BrN5O. The molecule has 2 heterocycles. The standard InChI is InChI=1S/C14H12BrN5O/c1-8-17-13(20-19-8)10-4-2-3-5-11(10)18-14(21)12-6-9(15)7-16-12/h2-7,16H,1H3,(H,18,21)(H,17,19,20). The quantitative estimate of drug-likeness (QED) is 0.681. The Hall–Kier alpha value is -2.41. The van der Waals surface area contributed by atoms with E-state index >= 15 is 0 Å². The minimum Gasteiger partial charge on any atom is -0.356 e. The molecule has 1 aromatic carbocycles. The Morgan fingerprint density at radius 3 is 2.81 bits per heavy atom. The molecule has 0 aliphatic heterocycles. The first-order valence-electron chi connectivity index (χ1n) is 6.27. The predicted molar refractivity (Wildman–Crippen MR) is 83.0 cm³/mol. The predicted octanol–water partition coefficient (Wildman–Crippen LogP) is 3.12. The van der Waals surface area contributed by atoms with Crippen molar-refractivity contribution in [3.8, 4) is 11.4 Å². The van der Waals surface area contributed by atoms with Gasteiger partial charge in [-0.1, -0.05) is 12.1 Å². The first kappa shape index (κ1) is 13.6. The number of carbonyl (C=O) groups excluding carboxylic acids is 1. The van der Waals surface area contributed by atoms with E-state index in [1.54, 1.807) is 12.3 Å². The van der Waals surface area contributed by atoms with Crippen LogP contribution in [0.15, 0.2) is 41.0 Å². The number of aromatic amines is 2. The lowest BCUT2D eigenvalue weighted by molar-refractivity contribution is 0.102. The Morgan fingerprint density at radius 1 is 1.33 bits per heavy atom. The van der Waals surface area contributed by atoms with Gasteiger partial charge in [0.25, 0.3) is 5.91 Å². The number of aromatic nitrogens is 4. The van der Waals surface area contributed by atoms with Crippen molar-refractivity contribution < 1.29 is 4.79 Å². The van der Waals surface area contributed by atoms with Crippen LogP contribution < -0.4 is 5.32 Å². The van der Waals surface area contributed by atoms with Gasteiger partial charge in [0.05, 0.1) is 5.69 Å². The highest BCUT2D eigenvalue weighted by molar-refractivity contribution is 9.10. The number of nitrogens with one attached hydrogen (secondary N) is 3. The number of hydrogen-bond donors (Lipinski definition) is 3. The molecule has 0 saturated carbocycles. The molecule has 3 aromatic rings. The molecule has 3 N–H and O–H groups in total. The molecule has 0 spiro atoms. The van der Waals surface area contributed by atoms with E-state index < -0.39 is 0 Å². The maximum atomic E-state index is 12.2. The summed E-state index contributed by atoms with van der Waals surface area (Å²) in [5, 5.41) is 9.79. The molecule has 6 nitrogen and oxygen atoms in total. The van der Waals surface area contributed by atoms with Crippen molar-refractivity contribution in [2.75, 3.05) is 5.32 Å². The Morgan fingerprint density at radius 2 is 2.14 bits per heavy atom. The molecule has 21 heavy (non-hydrogen) atoms. The molecule has 0 unspecified atom stereocenters. The van der Waals surface area contributed by atoms with Gasteiger partial charge in [0.15, 0.2) is 5.82 Å². The van der Waals surface area contributed by atoms with Crippen LogP contribution in [0.3, 0.4) is 0 Å². The fourth-order valence-corrected chi connectivity index (χ4v) is 2.28. The minimum atomic E-state index is -0.222. The zero-order valence-electron chi connectivity index (χ0n) is 11.1. The summed E-state index contributed by atoms with van der Waals surface area (Å²) in [7, 11) is 0. The summed E-state index contributed by atoms with van der Waals surface area (Å²) >= 11 is 3.30.